The zero-order chi connectivity index (χ0) is 30.8. The summed E-state index contributed by atoms with van der Waals surface area (Å²) in [7, 11) is 0. The van der Waals surface area contributed by atoms with Gasteiger partial charge in [-0.25, -0.2) is 14.5 Å². The van der Waals surface area contributed by atoms with Crippen LogP contribution < -0.4 is 9.64 Å². The first-order valence-corrected chi connectivity index (χ1v) is 12.9. The first kappa shape index (κ1) is 28.6. The number of amides is 2. The third-order valence-corrected chi connectivity index (χ3v) is 6.70. The van der Waals surface area contributed by atoms with Crippen molar-refractivity contribution in [1.29, 1.82) is 0 Å². The maximum Gasteiger partial charge on any atom is 0.343 e. The topological polar surface area (TPSA) is 150 Å². The Hall–Kier alpha value is -5.97. The van der Waals surface area contributed by atoms with E-state index in [0.29, 0.717) is 16.0 Å². The molecule has 0 radical (unpaired) electrons. The number of nitrogens with zero attached hydrogens (tertiary/aromatic N) is 2. The normalized spacial score (nSPS) is 12.1. The summed E-state index contributed by atoms with van der Waals surface area (Å²) in [4.78, 5) is 75.3. The van der Waals surface area contributed by atoms with Crippen LogP contribution in [0.2, 0.25) is 0 Å². The van der Waals surface area contributed by atoms with Crippen molar-refractivity contribution in [3.8, 4) is 5.75 Å². The maximum atomic E-state index is 13.1. The van der Waals surface area contributed by atoms with Gasteiger partial charge in [-0.2, -0.15) is 0 Å². The highest BCUT2D eigenvalue weighted by Gasteiger charge is 2.40. The molecule has 0 aliphatic carbocycles. The fourth-order valence-corrected chi connectivity index (χ4v) is 4.42. The van der Waals surface area contributed by atoms with Gasteiger partial charge in [-0.15, -0.1) is 0 Å². The molecule has 1 heterocycles. The number of esters is 2. The minimum absolute atomic E-state index is 0.0318. The van der Waals surface area contributed by atoms with Crippen LogP contribution in [-0.4, -0.2) is 41.1 Å². The quantitative estimate of drug-likeness (QED) is 0.0680. The number of benzene rings is 4. The van der Waals surface area contributed by atoms with E-state index in [4.69, 9.17) is 9.47 Å². The summed E-state index contributed by atoms with van der Waals surface area (Å²) in [6, 6.07) is 20.4. The Bertz CT molecular complexity index is 1830. The van der Waals surface area contributed by atoms with Crippen LogP contribution in [0, 0.1) is 24.0 Å². The molecule has 0 saturated heterocycles. The van der Waals surface area contributed by atoms with Crippen LogP contribution in [0.1, 0.15) is 62.9 Å². The van der Waals surface area contributed by atoms with Gasteiger partial charge in [-0.1, -0.05) is 23.8 Å². The lowest BCUT2D eigenvalue weighted by atomic mass is 10.1. The molecule has 2 amide bonds. The predicted octanol–water partition coefficient (Wildman–Crippen LogP) is 5.27. The van der Waals surface area contributed by atoms with Crippen LogP contribution in [0.5, 0.6) is 5.75 Å². The molecule has 11 nitrogen and oxygen atoms in total. The Labute approximate surface area is 244 Å². The summed E-state index contributed by atoms with van der Waals surface area (Å²) in [5, 5.41) is 11.6. The molecule has 0 fully saturated rings. The van der Waals surface area contributed by atoms with Crippen LogP contribution >= 0.6 is 0 Å². The monoisotopic (exact) mass is 578 g/mol. The van der Waals surface area contributed by atoms with E-state index in [2.05, 4.69) is 0 Å². The Kier molecular flexibility index (Phi) is 7.63. The van der Waals surface area contributed by atoms with Gasteiger partial charge in [-0.05, 0) is 80.1 Å². The Balaban J connectivity index is 1.23. The van der Waals surface area contributed by atoms with Crippen molar-refractivity contribution in [3.63, 3.8) is 0 Å². The number of carbonyl (C=O) groups is 5. The molecule has 0 saturated carbocycles. The number of nitro groups is 1. The highest BCUT2D eigenvalue weighted by molar-refractivity contribution is 6.35. The number of rotatable bonds is 8. The van der Waals surface area contributed by atoms with Crippen molar-refractivity contribution in [2.24, 2.45) is 0 Å². The van der Waals surface area contributed by atoms with E-state index in [1.54, 1.807) is 31.2 Å². The van der Waals surface area contributed by atoms with Crippen LogP contribution in [0.15, 0.2) is 84.9 Å². The molecule has 0 bridgehead atoms. The van der Waals surface area contributed by atoms with Gasteiger partial charge < -0.3 is 9.47 Å². The van der Waals surface area contributed by atoms with Crippen LogP contribution in [0.3, 0.4) is 0 Å². The largest absolute Gasteiger partial charge is 0.454 e. The fourth-order valence-electron chi connectivity index (χ4n) is 4.42. The summed E-state index contributed by atoms with van der Waals surface area (Å²) in [6.45, 7) is 2.92. The Morgan fingerprint density at radius 1 is 0.721 bits per heavy atom. The molecule has 0 spiro atoms. The molecule has 0 N–H and O–H groups in total. The second-order valence-corrected chi connectivity index (χ2v) is 9.73. The molecule has 214 valence electrons. The van der Waals surface area contributed by atoms with Crippen molar-refractivity contribution in [3.05, 3.63) is 134 Å². The number of aryl methyl sites for hydroxylation is 2. The number of ether oxygens (including phenoxy) is 2. The molecule has 1 aliphatic heterocycles. The first-order valence-electron chi connectivity index (χ1n) is 12.9. The lowest BCUT2D eigenvalue weighted by molar-refractivity contribution is -0.384. The van der Waals surface area contributed by atoms with Crippen molar-refractivity contribution in [2.75, 3.05) is 11.5 Å². The second kappa shape index (κ2) is 11.5. The second-order valence-electron chi connectivity index (χ2n) is 9.73. The summed E-state index contributed by atoms with van der Waals surface area (Å²) in [6.07, 6.45) is 0. The number of hydrogen-bond acceptors (Lipinski definition) is 9. The molecule has 4 aromatic rings. The molecular weight excluding hydrogens is 556 g/mol. The van der Waals surface area contributed by atoms with Gasteiger partial charge >= 0.3 is 11.9 Å². The zero-order valence-corrected chi connectivity index (χ0v) is 22.9. The smallest absolute Gasteiger partial charge is 0.343 e. The number of hydrogen-bond donors (Lipinski definition) is 0. The number of imide groups is 1. The van der Waals surface area contributed by atoms with Gasteiger partial charge in [0.1, 0.15) is 11.4 Å². The highest BCUT2D eigenvalue weighted by Crippen LogP contribution is 2.35. The van der Waals surface area contributed by atoms with E-state index in [-0.39, 0.29) is 33.7 Å². The van der Waals surface area contributed by atoms with Gasteiger partial charge in [0.15, 0.2) is 12.4 Å². The first-order chi connectivity index (χ1) is 20.5. The molecule has 0 unspecified atom stereocenters. The van der Waals surface area contributed by atoms with Gasteiger partial charge in [0.05, 0.1) is 27.2 Å². The summed E-state index contributed by atoms with van der Waals surface area (Å²) in [5.74, 6) is -3.38. The van der Waals surface area contributed by atoms with Gasteiger partial charge in [0.2, 0.25) is 0 Å². The maximum absolute atomic E-state index is 13.1. The van der Waals surface area contributed by atoms with E-state index in [1.165, 1.54) is 54.6 Å². The SMILES string of the molecule is Cc1ccc(C(=O)Oc2ccc(C(=O)COC(=O)c3ccc4c(c3)C(=O)N(c3ccc(C)cc3[N+](=O)[O-])C4=O)cc2)cc1. The molecule has 4 aromatic carbocycles. The van der Waals surface area contributed by atoms with E-state index >= 15 is 0 Å². The standard InChI is InChI=1S/C32H22N2O9/c1-18-3-6-21(7-4-18)32(39)43-23-11-8-20(9-12-23)28(35)17-42-31(38)22-10-13-24-25(16-22)30(37)33(29(24)36)26-14-5-19(2)15-27(26)34(40)41/h3-16H,17H2,1-2H3. The van der Waals surface area contributed by atoms with E-state index < -0.39 is 46.8 Å². The number of nitro benzene ring substituents is 1. The van der Waals surface area contributed by atoms with E-state index in [9.17, 15) is 34.1 Å². The van der Waals surface area contributed by atoms with Crippen molar-refractivity contribution >= 4 is 40.9 Å². The van der Waals surface area contributed by atoms with Crippen molar-refractivity contribution in [1.82, 2.24) is 0 Å². The van der Waals surface area contributed by atoms with Gasteiger partial charge in [0, 0.05) is 11.6 Å². The molecular formula is C32H22N2O9. The molecule has 1 aliphatic rings. The average Bonchev–Trinajstić information content (AvgIpc) is 3.24. The third kappa shape index (κ3) is 5.77. The van der Waals surface area contributed by atoms with Crippen LogP contribution in [0.25, 0.3) is 0 Å². The van der Waals surface area contributed by atoms with Gasteiger partial charge in [-0.3, -0.25) is 24.5 Å². The average molecular weight is 579 g/mol. The van der Waals surface area contributed by atoms with Crippen molar-refractivity contribution in [2.45, 2.75) is 13.8 Å². The number of carbonyl (C=O) groups excluding carboxylic acids is 5. The minimum Gasteiger partial charge on any atom is -0.454 e. The van der Waals surface area contributed by atoms with Crippen molar-refractivity contribution < 1.29 is 38.4 Å². The number of Topliss-reactive ketones (excluding diaryl/α,β-unsaturated/α-hetero) is 1. The van der Waals surface area contributed by atoms with Gasteiger partial charge in [0.25, 0.3) is 17.5 Å². The number of fused-ring (bicyclic) bond motifs is 1. The molecule has 0 aromatic heterocycles. The van der Waals surface area contributed by atoms with Crippen LogP contribution in [0.4, 0.5) is 11.4 Å². The molecule has 43 heavy (non-hydrogen) atoms. The minimum atomic E-state index is -0.917. The number of anilines is 1. The Morgan fingerprint density at radius 3 is 2.00 bits per heavy atom. The van der Waals surface area contributed by atoms with E-state index in [1.807, 2.05) is 6.92 Å². The third-order valence-electron chi connectivity index (χ3n) is 6.70. The zero-order valence-electron chi connectivity index (χ0n) is 22.9. The lowest BCUT2D eigenvalue weighted by Gasteiger charge is -2.14. The van der Waals surface area contributed by atoms with Crippen LogP contribution in [-0.2, 0) is 4.74 Å². The summed E-state index contributed by atoms with van der Waals surface area (Å²) >= 11 is 0. The molecule has 11 heteroatoms. The number of ketones is 1. The molecule has 0 atom stereocenters. The Morgan fingerprint density at radius 2 is 1.33 bits per heavy atom. The fraction of sp³-hybridized carbons (Fsp3) is 0.0938. The summed E-state index contributed by atoms with van der Waals surface area (Å²) in [5.41, 5.74) is 1.30. The van der Waals surface area contributed by atoms with E-state index in [0.717, 1.165) is 11.6 Å². The lowest BCUT2D eigenvalue weighted by Crippen LogP contribution is -2.30. The molecule has 5 rings (SSSR count). The highest BCUT2D eigenvalue weighted by atomic mass is 16.6. The summed E-state index contributed by atoms with van der Waals surface area (Å²) < 4.78 is 10.4. The predicted molar refractivity (Wildman–Crippen MR) is 153 cm³/mol.